The topological polar surface area (TPSA) is 67.5 Å². The number of benzene rings is 2. The van der Waals surface area contributed by atoms with E-state index < -0.39 is 0 Å². The van der Waals surface area contributed by atoms with Gasteiger partial charge in [0.05, 0.1) is 12.7 Å². The molecule has 0 saturated heterocycles. The number of amides is 1. The molecule has 1 saturated carbocycles. The summed E-state index contributed by atoms with van der Waals surface area (Å²) >= 11 is 6.56. The minimum atomic E-state index is -0.286. The highest BCUT2D eigenvalue weighted by atomic mass is 35.5. The van der Waals surface area contributed by atoms with Gasteiger partial charge in [0.2, 0.25) is 5.88 Å². The van der Waals surface area contributed by atoms with Crippen molar-refractivity contribution in [2.75, 3.05) is 0 Å². The van der Waals surface area contributed by atoms with E-state index in [9.17, 15) is 14.7 Å². The molecule has 1 aliphatic heterocycles. The summed E-state index contributed by atoms with van der Waals surface area (Å²) in [6.07, 6.45) is 3.61. The fourth-order valence-electron chi connectivity index (χ4n) is 3.96. The van der Waals surface area contributed by atoms with E-state index in [0.717, 1.165) is 40.7 Å². The second kappa shape index (κ2) is 6.52. The molecule has 5 rings (SSSR count). The smallest absolute Gasteiger partial charge is 0.331 e. The van der Waals surface area contributed by atoms with Crippen molar-refractivity contribution in [2.24, 2.45) is 7.05 Å². The fraction of sp³-hybridized carbons (Fsp3) is 0.273. The van der Waals surface area contributed by atoms with Crippen LogP contribution < -0.4 is 5.69 Å². The molecule has 29 heavy (non-hydrogen) atoms. The van der Waals surface area contributed by atoms with Gasteiger partial charge in [0.15, 0.2) is 0 Å². The normalized spacial score (nSPS) is 15.8. The molecular weight excluding hydrogens is 390 g/mol. The Morgan fingerprint density at radius 2 is 1.86 bits per heavy atom. The summed E-state index contributed by atoms with van der Waals surface area (Å²) < 4.78 is 2.63. The Morgan fingerprint density at radius 3 is 2.52 bits per heavy atom. The third kappa shape index (κ3) is 3.04. The largest absolute Gasteiger partial charge is 0.493 e. The lowest BCUT2D eigenvalue weighted by molar-refractivity contribution is 0.0766. The zero-order valence-corrected chi connectivity index (χ0v) is 16.7. The Kier molecular flexibility index (Phi) is 4.06. The highest BCUT2D eigenvalue weighted by Crippen LogP contribution is 2.37. The van der Waals surface area contributed by atoms with Crippen LogP contribution in [0.15, 0.2) is 47.4 Å². The van der Waals surface area contributed by atoms with Gasteiger partial charge in [0.25, 0.3) is 5.91 Å². The van der Waals surface area contributed by atoms with E-state index in [4.69, 9.17) is 11.6 Å². The van der Waals surface area contributed by atoms with Gasteiger partial charge in [-0.25, -0.2) is 4.79 Å². The molecule has 0 spiro atoms. The Morgan fingerprint density at radius 1 is 1.10 bits per heavy atom. The van der Waals surface area contributed by atoms with Crippen LogP contribution in [-0.2, 0) is 20.1 Å². The fourth-order valence-corrected chi connectivity index (χ4v) is 4.28. The monoisotopic (exact) mass is 409 g/mol. The average molecular weight is 410 g/mol. The number of carbonyl (C=O) groups is 1. The lowest BCUT2D eigenvalue weighted by Gasteiger charge is -2.13. The predicted molar refractivity (Wildman–Crippen MR) is 110 cm³/mol. The standard InChI is InChI=1S/C22H20ClN3O3/c1-24-20(27)12-25(22(24)29)10-13-2-6-17(19(23)8-13)14-3-7-18-15(9-14)11-26(21(18)28)16-4-5-16/h2-3,6-9,12,16,27H,4-5,10-11H2,1H3. The van der Waals surface area contributed by atoms with E-state index in [0.29, 0.717) is 24.2 Å². The van der Waals surface area contributed by atoms with Crippen LogP contribution in [0.25, 0.3) is 11.1 Å². The lowest BCUT2D eigenvalue weighted by Crippen LogP contribution is -2.25. The van der Waals surface area contributed by atoms with Gasteiger partial charge in [-0.05, 0) is 47.7 Å². The molecule has 0 bridgehead atoms. The first-order valence-corrected chi connectivity index (χ1v) is 9.98. The van der Waals surface area contributed by atoms with Crippen molar-refractivity contribution in [3.05, 3.63) is 74.8 Å². The zero-order valence-electron chi connectivity index (χ0n) is 15.9. The summed E-state index contributed by atoms with van der Waals surface area (Å²) in [5.41, 5.74) is 4.27. The van der Waals surface area contributed by atoms with Crippen molar-refractivity contribution in [3.63, 3.8) is 0 Å². The van der Waals surface area contributed by atoms with Gasteiger partial charge in [-0.3, -0.25) is 13.9 Å². The summed E-state index contributed by atoms with van der Waals surface area (Å²) in [5.74, 6) is 0.0534. The maximum Gasteiger partial charge on any atom is 0.331 e. The number of rotatable bonds is 4. The zero-order chi connectivity index (χ0) is 20.3. The third-order valence-corrected chi connectivity index (χ3v) is 6.08. The highest BCUT2D eigenvalue weighted by molar-refractivity contribution is 6.33. The molecule has 148 valence electrons. The number of fused-ring (bicyclic) bond motifs is 1. The predicted octanol–water partition coefficient (Wildman–Crippen LogP) is 3.38. The Hall–Kier alpha value is -2.99. The molecule has 1 aliphatic carbocycles. The minimum Gasteiger partial charge on any atom is -0.493 e. The van der Waals surface area contributed by atoms with Crippen molar-refractivity contribution in [2.45, 2.75) is 32.0 Å². The van der Waals surface area contributed by atoms with Gasteiger partial charge in [-0.1, -0.05) is 29.8 Å². The number of nitrogens with zero attached hydrogens (tertiary/aromatic N) is 3. The molecule has 2 aliphatic rings. The van der Waals surface area contributed by atoms with E-state index in [1.165, 1.54) is 22.4 Å². The van der Waals surface area contributed by atoms with Crippen LogP contribution in [0.5, 0.6) is 5.88 Å². The summed E-state index contributed by atoms with van der Waals surface area (Å²) in [5, 5.41) is 10.3. The molecule has 1 aromatic heterocycles. The van der Waals surface area contributed by atoms with Gasteiger partial charge in [-0.2, -0.15) is 0 Å². The SMILES string of the molecule is Cn1c(O)cn(Cc2ccc(-c3ccc4c(c3)CN(C3CC3)C4=O)c(Cl)c2)c1=O. The first kappa shape index (κ1) is 18.1. The van der Waals surface area contributed by atoms with Gasteiger partial charge in [-0.15, -0.1) is 0 Å². The Bertz CT molecular complexity index is 1210. The molecule has 2 heterocycles. The van der Waals surface area contributed by atoms with Crippen molar-refractivity contribution in [3.8, 4) is 17.0 Å². The Labute approximate surface area is 172 Å². The van der Waals surface area contributed by atoms with Gasteiger partial charge < -0.3 is 10.0 Å². The molecule has 3 aromatic rings. The molecule has 1 N–H and O–H groups in total. The summed E-state index contributed by atoms with van der Waals surface area (Å²) in [6, 6.07) is 12.0. The van der Waals surface area contributed by atoms with E-state index in [2.05, 4.69) is 6.07 Å². The van der Waals surface area contributed by atoms with E-state index >= 15 is 0 Å². The highest BCUT2D eigenvalue weighted by Gasteiger charge is 2.38. The molecular formula is C22H20ClN3O3. The van der Waals surface area contributed by atoms with E-state index in [-0.39, 0.29) is 17.5 Å². The van der Waals surface area contributed by atoms with Gasteiger partial charge >= 0.3 is 5.69 Å². The first-order valence-electron chi connectivity index (χ1n) is 9.60. The second-order valence-electron chi connectivity index (χ2n) is 7.81. The Balaban J connectivity index is 1.43. The molecule has 6 nitrogen and oxygen atoms in total. The first-order chi connectivity index (χ1) is 13.9. The second-order valence-corrected chi connectivity index (χ2v) is 8.21. The third-order valence-electron chi connectivity index (χ3n) is 5.77. The van der Waals surface area contributed by atoms with Crippen LogP contribution in [0.1, 0.15) is 34.3 Å². The lowest BCUT2D eigenvalue weighted by atomic mass is 9.99. The number of hydrogen-bond donors (Lipinski definition) is 1. The van der Waals surface area contributed by atoms with Crippen LogP contribution in [0.2, 0.25) is 5.02 Å². The maximum absolute atomic E-state index is 12.5. The van der Waals surface area contributed by atoms with Crippen molar-refractivity contribution in [1.29, 1.82) is 0 Å². The quantitative estimate of drug-likeness (QED) is 0.718. The number of carbonyl (C=O) groups excluding carboxylic acids is 1. The molecule has 1 fully saturated rings. The van der Waals surface area contributed by atoms with Crippen LogP contribution in [0.3, 0.4) is 0 Å². The summed E-state index contributed by atoms with van der Waals surface area (Å²) in [4.78, 5) is 26.6. The van der Waals surface area contributed by atoms with Crippen LogP contribution in [0, 0.1) is 0 Å². The number of aromatic nitrogens is 2. The van der Waals surface area contributed by atoms with Gasteiger partial charge in [0, 0.05) is 35.8 Å². The van der Waals surface area contributed by atoms with Crippen LogP contribution >= 0.6 is 11.6 Å². The van der Waals surface area contributed by atoms with Gasteiger partial charge in [0.1, 0.15) is 0 Å². The van der Waals surface area contributed by atoms with Crippen molar-refractivity contribution in [1.82, 2.24) is 14.0 Å². The van der Waals surface area contributed by atoms with Crippen LogP contribution in [0.4, 0.5) is 0 Å². The number of halogens is 1. The molecule has 0 atom stereocenters. The van der Waals surface area contributed by atoms with Crippen LogP contribution in [-0.4, -0.2) is 31.1 Å². The summed E-state index contributed by atoms with van der Waals surface area (Å²) in [6.45, 7) is 0.991. The number of aromatic hydroxyl groups is 1. The molecule has 1 amide bonds. The summed E-state index contributed by atoms with van der Waals surface area (Å²) in [7, 11) is 1.52. The van der Waals surface area contributed by atoms with E-state index in [1.54, 1.807) is 0 Å². The molecule has 0 radical (unpaired) electrons. The van der Waals surface area contributed by atoms with E-state index in [1.807, 2.05) is 35.2 Å². The van der Waals surface area contributed by atoms with Crippen molar-refractivity contribution < 1.29 is 9.90 Å². The molecule has 0 unspecified atom stereocenters. The average Bonchev–Trinajstić information content (AvgIpc) is 3.45. The maximum atomic E-state index is 12.5. The number of imidazole rings is 1. The van der Waals surface area contributed by atoms with Crippen molar-refractivity contribution >= 4 is 17.5 Å². The minimum absolute atomic E-state index is 0.0781. The molecule has 2 aromatic carbocycles. The molecule has 7 heteroatoms. The number of hydrogen-bond acceptors (Lipinski definition) is 3.